The van der Waals surface area contributed by atoms with Crippen molar-refractivity contribution < 1.29 is 14.3 Å². The molecule has 2 heterocycles. The highest BCUT2D eigenvalue weighted by Gasteiger charge is 2.33. The number of rotatable bonds is 7. The highest BCUT2D eigenvalue weighted by Crippen LogP contribution is 2.36. The van der Waals surface area contributed by atoms with Crippen molar-refractivity contribution in [1.82, 2.24) is 4.57 Å². The van der Waals surface area contributed by atoms with Gasteiger partial charge in [0.2, 0.25) is 0 Å². The van der Waals surface area contributed by atoms with Crippen LogP contribution in [0.15, 0.2) is 90.7 Å². The zero-order chi connectivity index (χ0) is 30.0. The Bertz CT molecular complexity index is 1910. The van der Waals surface area contributed by atoms with Gasteiger partial charge in [0.25, 0.3) is 5.56 Å². The first kappa shape index (κ1) is 29.7. The Balaban J connectivity index is 1.53. The fraction of sp³-hybridized carbons (Fsp3) is 0.188. The Labute approximate surface area is 263 Å². The molecule has 0 aliphatic carbocycles. The molecule has 42 heavy (non-hydrogen) atoms. The predicted octanol–water partition coefficient (Wildman–Crippen LogP) is 6.08. The molecule has 4 aromatic rings. The zero-order valence-electron chi connectivity index (χ0n) is 23.0. The molecular weight excluding hydrogens is 682 g/mol. The first-order valence-corrected chi connectivity index (χ1v) is 15.5. The van der Waals surface area contributed by atoms with Crippen molar-refractivity contribution in [2.45, 2.75) is 33.4 Å². The number of fused-ring (bicyclic) bond motifs is 1. The van der Waals surface area contributed by atoms with Crippen LogP contribution in [0.5, 0.6) is 5.75 Å². The molecular formula is C32H25Br2N3O4S. The van der Waals surface area contributed by atoms with Crippen LogP contribution in [-0.4, -0.2) is 17.1 Å². The minimum absolute atomic E-state index is 0.220. The number of esters is 1. The van der Waals surface area contributed by atoms with Gasteiger partial charge in [-0.15, -0.1) is 0 Å². The number of benzene rings is 3. The van der Waals surface area contributed by atoms with Gasteiger partial charge in [0.1, 0.15) is 12.4 Å². The number of hydrogen-bond donors (Lipinski definition) is 0. The van der Waals surface area contributed by atoms with Gasteiger partial charge in [-0.05, 0) is 99.7 Å². The summed E-state index contributed by atoms with van der Waals surface area (Å²) < 4.78 is 14.9. The van der Waals surface area contributed by atoms with Crippen LogP contribution in [0.25, 0.3) is 6.08 Å². The molecule has 5 rings (SSSR count). The lowest BCUT2D eigenvalue weighted by atomic mass is 9.95. The number of nitriles is 1. The van der Waals surface area contributed by atoms with Gasteiger partial charge in [-0.25, -0.2) is 9.79 Å². The molecule has 212 valence electrons. The molecule has 1 aromatic heterocycles. The number of aromatic nitrogens is 1. The Morgan fingerprint density at radius 3 is 2.38 bits per heavy atom. The van der Waals surface area contributed by atoms with Crippen molar-refractivity contribution in [3.63, 3.8) is 0 Å². The van der Waals surface area contributed by atoms with Gasteiger partial charge in [-0.1, -0.05) is 53.3 Å². The second kappa shape index (κ2) is 12.6. The highest BCUT2D eigenvalue weighted by atomic mass is 79.9. The highest BCUT2D eigenvalue weighted by molar-refractivity contribution is 9.11. The maximum Gasteiger partial charge on any atom is 0.338 e. The van der Waals surface area contributed by atoms with E-state index in [9.17, 15) is 9.59 Å². The van der Waals surface area contributed by atoms with Crippen molar-refractivity contribution in [2.24, 2.45) is 4.99 Å². The van der Waals surface area contributed by atoms with Crippen molar-refractivity contribution in [3.05, 3.63) is 128 Å². The summed E-state index contributed by atoms with van der Waals surface area (Å²) in [6.45, 7) is 6.06. The standard InChI is InChI=1S/C32H25Br2N3O4S/c1-4-40-31(39)27-19(3)36-32-37(28(27)23-11-5-18(2)6-12-23)30(38)26(42-32)15-22-13-24(33)29(25(34)14-22)41-17-21-9-7-20(16-35)8-10-21/h5-15,28H,4,17H2,1-3H3/b26-15-/t28-/m1/s1. The van der Waals surface area contributed by atoms with Gasteiger partial charge < -0.3 is 9.47 Å². The summed E-state index contributed by atoms with van der Waals surface area (Å²) >= 11 is 8.47. The molecule has 0 radical (unpaired) electrons. The second-order valence-electron chi connectivity index (χ2n) is 9.62. The van der Waals surface area contributed by atoms with Crippen LogP contribution in [0, 0.1) is 18.3 Å². The van der Waals surface area contributed by atoms with Crippen LogP contribution >= 0.6 is 43.2 Å². The number of ether oxygens (including phenoxy) is 2. The maximum absolute atomic E-state index is 13.9. The summed E-state index contributed by atoms with van der Waals surface area (Å²) in [4.78, 5) is 32.1. The normalized spacial score (nSPS) is 14.7. The number of aryl methyl sites for hydroxylation is 1. The van der Waals surface area contributed by atoms with E-state index in [-0.39, 0.29) is 12.2 Å². The second-order valence-corrected chi connectivity index (χ2v) is 12.3. The Hall–Kier alpha value is -3.78. The van der Waals surface area contributed by atoms with E-state index in [1.807, 2.05) is 55.5 Å². The SMILES string of the molecule is CCOC(=O)C1=C(C)N=c2s/c(=C\c3cc(Br)c(OCc4ccc(C#N)cc4)c(Br)c3)c(=O)n2[C@@H]1c1ccc(C)cc1. The minimum atomic E-state index is -0.653. The Morgan fingerprint density at radius 1 is 1.10 bits per heavy atom. The third-order valence-corrected chi connectivity index (χ3v) is 8.86. The van der Waals surface area contributed by atoms with E-state index in [1.54, 1.807) is 36.6 Å². The van der Waals surface area contributed by atoms with E-state index in [2.05, 4.69) is 42.9 Å². The summed E-state index contributed by atoms with van der Waals surface area (Å²) in [5, 5.41) is 9.00. The van der Waals surface area contributed by atoms with Crippen LogP contribution in [0.4, 0.5) is 0 Å². The number of halogens is 2. The molecule has 0 spiro atoms. The first-order valence-electron chi connectivity index (χ1n) is 13.1. The summed E-state index contributed by atoms with van der Waals surface area (Å²) in [5.41, 5.74) is 4.82. The number of nitrogens with zero attached hydrogens (tertiary/aromatic N) is 3. The van der Waals surface area contributed by atoms with Crippen LogP contribution < -0.4 is 19.6 Å². The molecule has 0 saturated carbocycles. The van der Waals surface area contributed by atoms with E-state index in [1.165, 1.54) is 11.3 Å². The quantitative estimate of drug-likeness (QED) is 0.217. The molecule has 0 N–H and O–H groups in total. The van der Waals surface area contributed by atoms with Crippen molar-refractivity contribution in [2.75, 3.05) is 6.61 Å². The molecule has 0 unspecified atom stereocenters. The van der Waals surface area contributed by atoms with E-state index >= 15 is 0 Å². The number of allylic oxidation sites excluding steroid dienone is 1. The van der Waals surface area contributed by atoms with Crippen molar-refractivity contribution in [3.8, 4) is 11.8 Å². The van der Waals surface area contributed by atoms with E-state index in [4.69, 9.17) is 14.7 Å². The Morgan fingerprint density at radius 2 is 1.76 bits per heavy atom. The van der Waals surface area contributed by atoms with Crippen LogP contribution in [-0.2, 0) is 16.1 Å². The monoisotopic (exact) mass is 705 g/mol. The predicted molar refractivity (Wildman–Crippen MR) is 169 cm³/mol. The summed E-state index contributed by atoms with van der Waals surface area (Å²) in [7, 11) is 0. The van der Waals surface area contributed by atoms with E-state index in [0.29, 0.717) is 47.5 Å². The third-order valence-electron chi connectivity index (χ3n) is 6.69. The average molecular weight is 707 g/mol. The summed E-state index contributed by atoms with van der Waals surface area (Å²) in [6, 6.07) is 20.2. The molecule has 0 amide bonds. The number of hydrogen-bond acceptors (Lipinski definition) is 7. The zero-order valence-corrected chi connectivity index (χ0v) is 27.0. The summed E-state index contributed by atoms with van der Waals surface area (Å²) in [5.74, 6) is 0.134. The molecule has 7 nitrogen and oxygen atoms in total. The average Bonchev–Trinajstić information content (AvgIpc) is 3.26. The van der Waals surface area contributed by atoms with Crippen LogP contribution in [0.2, 0.25) is 0 Å². The van der Waals surface area contributed by atoms with Gasteiger partial charge >= 0.3 is 5.97 Å². The number of thiazole rings is 1. The molecule has 10 heteroatoms. The van der Waals surface area contributed by atoms with E-state index < -0.39 is 12.0 Å². The lowest BCUT2D eigenvalue weighted by Gasteiger charge is -2.24. The third kappa shape index (κ3) is 6.04. The van der Waals surface area contributed by atoms with E-state index in [0.717, 1.165) is 22.3 Å². The van der Waals surface area contributed by atoms with Crippen LogP contribution in [0.1, 0.15) is 47.7 Å². The maximum atomic E-state index is 13.9. The first-order chi connectivity index (χ1) is 20.2. The van der Waals surface area contributed by atoms with Gasteiger partial charge in [0, 0.05) is 0 Å². The fourth-order valence-corrected chi connectivity index (χ4v) is 7.14. The fourth-order valence-electron chi connectivity index (χ4n) is 4.64. The number of carbonyl (C=O) groups excluding carboxylic acids is 1. The van der Waals surface area contributed by atoms with Crippen LogP contribution in [0.3, 0.4) is 0 Å². The molecule has 0 bridgehead atoms. The minimum Gasteiger partial charge on any atom is -0.487 e. The smallest absolute Gasteiger partial charge is 0.338 e. The molecule has 1 aliphatic heterocycles. The largest absolute Gasteiger partial charge is 0.487 e. The lowest BCUT2D eigenvalue weighted by Crippen LogP contribution is -2.39. The van der Waals surface area contributed by atoms with Gasteiger partial charge in [-0.3, -0.25) is 9.36 Å². The Kier molecular flexibility index (Phi) is 8.92. The van der Waals surface area contributed by atoms with Crippen molar-refractivity contribution in [1.29, 1.82) is 5.26 Å². The van der Waals surface area contributed by atoms with Crippen molar-refractivity contribution >= 4 is 55.2 Å². The lowest BCUT2D eigenvalue weighted by molar-refractivity contribution is -0.139. The summed E-state index contributed by atoms with van der Waals surface area (Å²) in [6.07, 6.45) is 1.80. The number of carbonyl (C=O) groups is 1. The molecule has 3 aromatic carbocycles. The van der Waals surface area contributed by atoms with Gasteiger partial charge in [-0.2, -0.15) is 5.26 Å². The molecule has 0 fully saturated rings. The van der Waals surface area contributed by atoms with Gasteiger partial charge in [0.05, 0.1) is 49.0 Å². The topological polar surface area (TPSA) is 93.7 Å². The van der Waals surface area contributed by atoms with Gasteiger partial charge in [0.15, 0.2) is 4.80 Å². The molecule has 0 saturated heterocycles. The molecule has 1 aliphatic rings. The molecule has 1 atom stereocenters.